The molecule has 5 atom stereocenters. The highest BCUT2D eigenvalue weighted by atomic mass is 16.8. The Morgan fingerprint density at radius 3 is 2.67 bits per heavy atom. The molecule has 1 aromatic rings. The number of hydrogen-bond donors (Lipinski definition) is 1. The predicted octanol–water partition coefficient (Wildman–Crippen LogP) is 1.99. The van der Waals surface area contributed by atoms with Crippen LogP contribution in [-0.4, -0.2) is 56.1 Å². The number of ether oxygens (including phenoxy) is 5. The van der Waals surface area contributed by atoms with Crippen molar-refractivity contribution in [2.75, 3.05) is 13.7 Å². The molecule has 0 amide bonds. The quantitative estimate of drug-likeness (QED) is 0.692. The lowest BCUT2D eigenvalue weighted by molar-refractivity contribution is -0.220. The third-order valence-corrected chi connectivity index (χ3v) is 4.80. The van der Waals surface area contributed by atoms with Crippen molar-refractivity contribution < 1.29 is 28.5 Å². The molecule has 2 aliphatic rings. The minimum atomic E-state index is -0.717. The number of carbonyl (C=O) groups is 1. The van der Waals surface area contributed by atoms with Crippen LogP contribution in [0.1, 0.15) is 32.8 Å². The molecule has 0 aromatic heterocycles. The van der Waals surface area contributed by atoms with E-state index in [2.05, 4.69) is 5.32 Å². The molecule has 2 aliphatic heterocycles. The summed E-state index contributed by atoms with van der Waals surface area (Å²) < 4.78 is 28.7. The summed E-state index contributed by atoms with van der Waals surface area (Å²) >= 11 is 0. The lowest BCUT2D eigenvalue weighted by Gasteiger charge is -2.30. The van der Waals surface area contributed by atoms with Gasteiger partial charge in [0.25, 0.3) is 0 Å². The van der Waals surface area contributed by atoms with E-state index >= 15 is 0 Å². The highest BCUT2D eigenvalue weighted by molar-refractivity contribution is 5.70. The Morgan fingerprint density at radius 1 is 1.26 bits per heavy atom. The summed E-state index contributed by atoms with van der Waals surface area (Å²) in [5.74, 6) is -0.994. The van der Waals surface area contributed by atoms with Crippen molar-refractivity contribution in [1.29, 1.82) is 0 Å². The van der Waals surface area contributed by atoms with Gasteiger partial charge in [0.05, 0.1) is 13.0 Å². The molecule has 1 N–H and O–H groups in total. The molecular formula is C20H29NO6. The zero-order chi connectivity index (χ0) is 19.4. The summed E-state index contributed by atoms with van der Waals surface area (Å²) in [5, 5.41) is 3.42. The monoisotopic (exact) mass is 379 g/mol. The average molecular weight is 379 g/mol. The van der Waals surface area contributed by atoms with Gasteiger partial charge in [-0.15, -0.1) is 0 Å². The second-order valence-corrected chi connectivity index (χ2v) is 7.25. The molecule has 0 radical (unpaired) electrons. The summed E-state index contributed by atoms with van der Waals surface area (Å²) in [7, 11) is 1.62. The van der Waals surface area contributed by atoms with Crippen molar-refractivity contribution in [3.05, 3.63) is 35.9 Å². The maximum Gasteiger partial charge on any atom is 0.307 e. The van der Waals surface area contributed by atoms with Crippen LogP contribution in [0.4, 0.5) is 0 Å². The molecule has 1 aromatic carbocycles. The maximum atomic E-state index is 12.1. The first kappa shape index (κ1) is 20.2. The highest BCUT2D eigenvalue weighted by Gasteiger charge is 2.56. The second-order valence-electron chi connectivity index (χ2n) is 7.25. The van der Waals surface area contributed by atoms with E-state index < -0.39 is 18.2 Å². The highest BCUT2D eigenvalue weighted by Crippen LogP contribution is 2.39. The van der Waals surface area contributed by atoms with Gasteiger partial charge in [0, 0.05) is 19.7 Å². The van der Waals surface area contributed by atoms with Crippen LogP contribution in [0.15, 0.2) is 30.3 Å². The number of hydrogen-bond acceptors (Lipinski definition) is 7. The summed E-state index contributed by atoms with van der Waals surface area (Å²) in [6.45, 7) is 6.43. The van der Waals surface area contributed by atoms with Crippen molar-refractivity contribution in [2.24, 2.45) is 0 Å². The minimum absolute atomic E-state index is 0.175. The second kappa shape index (κ2) is 8.67. The van der Waals surface area contributed by atoms with Crippen LogP contribution < -0.4 is 5.32 Å². The summed E-state index contributed by atoms with van der Waals surface area (Å²) in [6.07, 6.45) is -1.42. The van der Waals surface area contributed by atoms with Gasteiger partial charge in [0.15, 0.2) is 12.1 Å². The molecule has 150 valence electrons. The number of esters is 1. The zero-order valence-corrected chi connectivity index (χ0v) is 16.3. The number of carbonyl (C=O) groups excluding carboxylic acids is 1. The van der Waals surface area contributed by atoms with Crippen LogP contribution in [0.2, 0.25) is 0 Å². The third-order valence-electron chi connectivity index (χ3n) is 4.80. The van der Waals surface area contributed by atoms with Gasteiger partial charge in [-0.2, -0.15) is 0 Å². The first-order valence-electron chi connectivity index (χ1n) is 9.40. The Bertz CT molecular complexity index is 622. The Hall–Kier alpha value is -1.51. The van der Waals surface area contributed by atoms with Crippen LogP contribution in [0, 0.1) is 0 Å². The normalized spacial score (nSPS) is 30.1. The molecule has 7 nitrogen and oxygen atoms in total. The number of benzene rings is 1. The Balaban J connectivity index is 1.72. The maximum absolute atomic E-state index is 12.1. The van der Waals surface area contributed by atoms with Crippen molar-refractivity contribution in [2.45, 2.75) is 70.2 Å². The zero-order valence-electron chi connectivity index (χ0n) is 16.3. The van der Waals surface area contributed by atoms with E-state index in [-0.39, 0.29) is 30.6 Å². The van der Waals surface area contributed by atoms with Gasteiger partial charge in [-0.05, 0) is 26.3 Å². The number of rotatable bonds is 8. The van der Waals surface area contributed by atoms with E-state index in [1.54, 1.807) is 14.0 Å². The molecule has 2 heterocycles. The lowest BCUT2D eigenvalue weighted by atomic mass is 10.00. The average Bonchev–Trinajstić information content (AvgIpc) is 3.10. The molecule has 27 heavy (non-hydrogen) atoms. The topological polar surface area (TPSA) is 75.3 Å². The molecule has 7 heteroatoms. The largest absolute Gasteiger partial charge is 0.466 e. The smallest absolute Gasteiger partial charge is 0.307 e. The van der Waals surface area contributed by atoms with Gasteiger partial charge < -0.3 is 29.0 Å². The van der Waals surface area contributed by atoms with Crippen molar-refractivity contribution in [1.82, 2.24) is 5.32 Å². The van der Waals surface area contributed by atoms with Crippen LogP contribution in [0.25, 0.3) is 0 Å². The SMILES string of the molecule is CCOC(=O)C[C@@H](NCc1ccccc1)[C@H]1O[C@@H]2OC(C)(C)O[C@@H]2[C@H]1OC. The lowest BCUT2D eigenvalue weighted by Crippen LogP contribution is -2.49. The van der Waals surface area contributed by atoms with Crippen molar-refractivity contribution >= 4 is 5.97 Å². The molecular weight excluding hydrogens is 350 g/mol. The summed E-state index contributed by atoms with van der Waals surface area (Å²) in [4.78, 5) is 12.1. The molecule has 0 aliphatic carbocycles. The van der Waals surface area contributed by atoms with Crippen molar-refractivity contribution in [3.63, 3.8) is 0 Å². The Kier molecular flexibility index (Phi) is 6.49. The van der Waals surface area contributed by atoms with Gasteiger partial charge in [-0.3, -0.25) is 4.79 Å². The Labute approximate surface area is 160 Å². The van der Waals surface area contributed by atoms with E-state index in [4.69, 9.17) is 23.7 Å². The van der Waals surface area contributed by atoms with Crippen LogP contribution in [0.5, 0.6) is 0 Å². The Morgan fingerprint density at radius 2 is 2.00 bits per heavy atom. The van der Waals surface area contributed by atoms with Gasteiger partial charge in [0.1, 0.15) is 18.3 Å². The standard InChI is InChI=1S/C20H29NO6/c1-5-24-15(22)11-14(21-12-13-9-7-6-8-10-13)16-17(23-4)18-19(25-16)27-20(2,3)26-18/h6-10,14,16-19,21H,5,11-12H2,1-4H3/t14-,16-,17+,18-,19-/m1/s1. The van der Waals surface area contributed by atoms with E-state index in [0.717, 1.165) is 5.56 Å². The number of methoxy groups -OCH3 is 1. The van der Waals surface area contributed by atoms with E-state index in [9.17, 15) is 4.79 Å². The van der Waals surface area contributed by atoms with Crippen LogP contribution >= 0.6 is 0 Å². The summed E-state index contributed by atoms with van der Waals surface area (Å²) in [6, 6.07) is 9.70. The fourth-order valence-corrected chi connectivity index (χ4v) is 3.65. The predicted molar refractivity (Wildman–Crippen MR) is 97.8 cm³/mol. The molecule has 3 rings (SSSR count). The van der Waals surface area contributed by atoms with Gasteiger partial charge >= 0.3 is 5.97 Å². The fourth-order valence-electron chi connectivity index (χ4n) is 3.65. The fraction of sp³-hybridized carbons (Fsp3) is 0.650. The molecule has 2 saturated heterocycles. The van der Waals surface area contributed by atoms with E-state index in [0.29, 0.717) is 13.2 Å². The first-order valence-corrected chi connectivity index (χ1v) is 9.40. The van der Waals surface area contributed by atoms with Gasteiger partial charge in [-0.1, -0.05) is 30.3 Å². The molecule has 0 unspecified atom stereocenters. The van der Waals surface area contributed by atoms with Crippen molar-refractivity contribution in [3.8, 4) is 0 Å². The minimum Gasteiger partial charge on any atom is -0.466 e. The van der Waals surface area contributed by atoms with Crippen LogP contribution in [-0.2, 0) is 35.0 Å². The molecule has 0 saturated carbocycles. The van der Waals surface area contributed by atoms with Gasteiger partial charge in [0.2, 0.25) is 0 Å². The molecule has 0 spiro atoms. The summed E-state index contributed by atoms with van der Waals surface area (Å²) in [5.41, 5.74) is 1.12. The van der Waals surface area contributed by atoms with E-state index in [1.807, 2.05) is 44.2 Å². The third kappa shape index (κ3) is 4.86. The first-order chi connectivity index (χ1) is 12.9. The van der Waals surface area contributed by atoms with Gasteiger partial charge in [-0.25, -0.2) is 0 Å². The van der Waals surface area contributed by atoms with Crippen LogP contribution in [0.3, 0.4) is 0 Å². The van der Waals surface area contributed by atoms with E-state index in [1.165, 1.54) is 0 Å². The molecule has 2 fully saturated rings. The molecule has 0 bridgehead atoms. The number of fused-ring (bicyclic) bond motifs is 1. The number of nitrogens with one attached hydrogen (secondary N) is 1.